The molecule has 4 aliphatic rings. The minimum Gasteiger partial charge on any atom is -0.490 e. The van der Waals surface area contributed by atoms with Crippen LogP contribution in [0.1, 0.15) is 67.0 Å². The van der Waals surface area contributed by atoms with Crippen molar-refractivity contribution in [2.24, 2.45) is 0 Å². The lowest BCUT2D eigenvalue weighted by molar-refractivity contribution is -0.120. The number of halogens is 1. The third-order valence-corrected chi connectivity index (χ3v) is 11.4. The highest BCUT2D eigenvalue weighted by Crippen LogP contribution is 2.33. The van der Waals surface area contributed by atoms with Gasteiger partial charge in [-0.2, -0.15) is 10.4 Å². The molecular formula is C39H43ClN10O5. The number of likely N-dealkylation sites (tertiary alicyclic amines) is 1. The van der Waals surface area contributed by atoms with Gasteiger partial charge in [-0.25, -0.2) is 4.79 Å². The lowest BCUT2D eigenvalue weighted by Crippen LogP contribution is -2.49. The minimum atomic E-state index is -0.397. The number of imide groups is 1. The molecule has 3 aliphatic heterocycles. The van der Waals surface area contributed by atoms with E-state index < -0.39 is 6.03 Å². The summed E-state index contributed by atoms with van der Waals surface area (Å²) in [4.78, 5) is 43.5. The summed E-state index contributed by atoms with van der Waals surface area (Å²) in [5.41, 5.74) is 2.46. The van der Waals surface area contributed by atoms with Crippen molar-refractivity contribution in [1.82, 2.24) is 35.5 Å². The first kappa shape index (κ1) is 36.7. The fraction of sp³-hybridized carbons (Fsp3) is 0.462. The number of carbonyl (C=O) groups is 3. The third kappa shape index (κ3) is 8.22. The number of rotatable bonds is 9. The van der Waals surface area contributed by atoms with E-state index in [1.807, 2.05) is 30.5 Å². The Kier molecular flexibility index (Phi) is 10.8. The van der Waals surface area contributed by atoms with Crippen LogP contribution in [0.5, 0.6) is 5.75 Å². The van der Waals surface area contributed by atoms with Crippen molar-refractivity contribution in [1.29, 1.82) is 5.26 Å². The molecule has 2 N–H and O–H groups in total. The number of anilines is 2. The minimum absolute atomic E-state index is 0.0127. The number of carbonyl (C=O) groups excluding carboxylic acids is 3. The Bertz CT molecular complexity index is 2090. The van der Waals surface area contributed by atoms with Gasteiger partial charge in [-0.05, 0) is 74.9 Å². The zero-order valence-electron chi connectivity index (χ0n) is 30.4. The maximum atomic E-state index is 13.1. The molecule has 1 saturated carbocycles. The second-order valence-electron chi connectivity index (χ2n) is 14.6. The molecule has 3 saturated heterocycles. The number of hydrogen-bond donors (Lipinski definition) is 2. The average molecular weight is 767 g/mol. The molecule has 1 atom stereocenters. The van der Waals surface area contributed by atoms with Gasteiger partial charge in [-0.3, -0.25) is 24.5 Å². The Balaban J connectivity index is 0.791. The number of fused-ring (bicyclic) bond motifs is 1. The first-order chi connectivity index (χ1) is 26.8. The first-order valence-corrected chi connectivity index (χ1v) is 19.4. The molecule has 0 bridgehead atoms. The van der Waals surface area contributed by atoms with Crippen molar-refractivity contribution in [3.8, 4) is 11.8 Å². The van der Waals surface area contributed by atoms with E-state index in [1.165, 1.54) is 0 Å². The summed E-state index contributed by atoms with van der Waals surface area (Å²) >= 11 is 6.15. The zero-order chi connectivity index (χ0) is 37.9. The number of nitrogens with zero attached hydrogens (tertiary/aromatic N) is 8. The normalized spacial score (nSPS) is 22.7. The largest absolute Gasteiger partial charge is 0.490 e. The van der Waals surface area contributed by atoms with E-state index in [0.29, 0.717) is 42.6 Å². The van der Waals surface area contributed by atoms with E-state index in [-0.39, 0.29) is 48.2 Å². The highest BCUT2D eigenvalue weighted by Gasteiger charge is 2.30. The quantitative estimate of drug-likeness (QED) is 0.247. The fourth-order valence-corrected chi connectivity index (χ4v) is 8.31. The maximum Gasteiger partial charge on any atom is 0.328 e. The monoisotopic (exact) mass is 766 g/mol. The Morgan fingerprint density at radius 2 is 1.85 bits per heavy atom. The van der Waals surface area contributed by atoms with Gasteiger partial charge < -0.3 is 24.6 Å². The second-order valence-corrected chi connectivity index (χ2v) is 15.0. The maximum absolute atomic E-state index is 13.1. The number of urea groups is 1. The smallest absolute Gasteiger partial charge is 0.328 e. The summed E-state index contributed by atoms with van der Waals surface area (Å²) in [6.07, 6.45) is 7.16. The number of piperidine rings is 1. The van der Waals surface area contributed by atoms with Crippen molar-refractivity contribution >= 4 is 51.9 Å². The van der Waals surface area contributed by atoms with Crippen molar-refractivity contribution in [2.75, 3.05) is 55.7 Å². The van der Waals surface area contributed by atoms with Gasteiger partial charge >= 0.3 is 6.03 Å². The van der Waals surface area contributed by atoms with Crippen LogP contribution in [0.25, 0.3) is 10.9 Å². The van der Waals surface area contributed by atoms with E-state index >= 15 is 0 Å². The van der Waals surface area contributed by atoms with Crippen LogP contribution >= 0.6 is 11.6 Å². The molecule has 4 amide bonds. The number of hydrogen-bond acceptors (Lipinski definition) is 11. The standard InChI is InChI=1S/C39H43ClN10O5/c40-32-20-29(7-4-25(32)21-41)55-28-8-5-26(6-9-28)43-38(52)33-10-11-36(46-45-33)48-18-19-54-30(24-48)23-47-15-12-27(13-16-47)50-35-3-1-2-34(31(35)22-42-50)49-17-14-37(51)44-39(49)53/h1-4,7,10-11,20,22,26-28,30H,5-6,8-9,12-19,23-24H2,(H,43,52)(H,44,51,53). The van der Waals surface area contributed by atoms with Crippen LogP contribution < -0.4 is 25.2 Å². The Hall–Kier alpha value is -5.30. The number of benzene rings is 2. The van der Waals surface area contributed by atoms with Gasteiger partial charge in [0.15, 0.2) is 11.5 Å². The predicted molar refractivity (Wildman–Crippen MR) is 204 cm³/mol. The van der Waals surface area contributed by atoms with E-state index in [2.05, 4.69) is 41.4 Å². The molecule has 4 aromatic rings. The van der Waals surface area contributed by atoms with Crippen molar-refractivity contribution in [3.05, 3.63) is 71.0 Å². The van der Waals surface area contributed by atoms with Crippen LogP contribution in [0.3, 0.4) is 0 Å². The molecule has 15 nitrogen and oxygen atoms in total. The highest BCUT2D eigenvalue weighted by molar-refractivity contribution is 6.31. The Labute approximate surface area is 323 Å². The van der Waals surface area contributed by atoms with Gasteiger partial charge in [-0.1, -0.05) is 17.7 Å². The predicted octanol–water partition coefficient (Wildman–Crippen LogP) is 4.46. The van der Waals surface area contributed by atoms with Crippen molar-refractivity contribution < 1.29 is 23.9 Å². The van der Waals surface area contributed by atoms with Crippen LogP contribution in [0.2, 0.25) is 5.02 Å². The van der Waals surface area contributed by atoms with Crippen molar-refractivity contribution in [2.45, 2.75) is 69.2 Å². The number of aromatic nitrogens is 4. The summed E-state index contributed by atoms with van der Waals surface area (Å²) in [5.74, 6) is 0.880. The molecule has 2 aromatic carbocycles. The summed E-state index contributed by atoms with van der Waals surface area (Å²) in [6, 6.07) is 16.5. The van der Waals surface area contributed by atoms with Gasteiger partial charge in [0.05, 0.1) is 52.8 Å². The zero-order valence-corrected chi connectivity index (χ0v) is 31.2. The van der Waals surface area contributed by atoms with Gasteiger partial charge in [0.1, 0.15) is 11.8 Å². The third-order valence-electron chi connectivity index (χ3n) is 11.0. The molecule has 1 aliphatic carbocycles. The van der Waals surface area contributed by atoms with Crippen LogP contribution in [0.15, 0.2) is 54.7 Å². The molecule has 55 heavy (non-hydrogen) atoms. The number of nitriles is 1. The van der Waals surface area contributed by atoms with Crippen LogP contribution in [0, 0.1) is 11.3 Å². The number of nitrogens with one attached hydrogen (secondary N) is 2. The molecule has 16 heteroatoms. The molecule has 2 aromatic heterocycles. The Morgan fingerprint density at radius 3 is 2.60 bits per heavy atom. The first-order valence-electron chi connectivity index (χ1n) is 19.0. The van der Waals surface area contributed by atoms with Crippen LogP contribution in [0.4, 0.5) is 16.3 Å². The van der Waals surface area contributed by atoms with E-state index in [4.69, 9.17) is 31.4 Å². The summed E-state index contributed by atoms with van der Waals surface area (Å²) in [6.45, 7) is 4.94. The molecule has 5 heterocycles. The average Bonchev–Trinajstić information content (AvgIpc) is 3.64. The van der Waals surface area contributed by atoms with Gasteiger partial charge in [0, 0.05) is 63.2 Å². The summed E-state index contributed by atoms with van der Waals surface area (Å²) in [5, 5.41) is 29.4. The van der Waals surface area contributed by atoms with Crippen LogP contribution in [-0.2, 0) is 9.53 Å². The SMILES string of the molecule is N#Cc1ccc(OC2CCC(NC(=O)c3ccc(N4CCOC(CN5CCC(n6ncc7c(N8CCC(=O)NC8=O)cccc76)CC5)C4)nn3)CC2)cc1Cl. The van der Waals surface area contributed by atoms with Crippen LogP contribution in [-0.4, -0.2) is 107 Å². The van der Waals surface area contributed by atoms with Gasteiger partial charge in [-0.15, -0.1) is 10.2 Å². The topological polar surface area (TPSA) is 171 Å². The molecule has 8 rings (SSSR count). The summed E-state index contributed by atoms with van der Waals surface area (Å²) < 4.78 is 14.3. The van der Waals surface area contributed by atoms with Gasteiger partial charge in [0.25, 0.3) is 5.91 Å². The summed E-state index contributed by atoms with van der Waals surface area (Å²) in [7, 11) is 0. The molecule has 0 spiro atoms. The van der Waals surface area contributed by atoms with E-state index in [9.17, 15) is 14.4 Å². The molecule has 1 unspecified atom stereocenters. The number of ether oxygens (including phenoxy) is 2. The highest BCUT2D eigenvalue weighted by atomic mass is 35.5. The molecule has 4 fully saturated rings. The molecule has 0 radical (unpaired) electrons. The lowest BCUT2D eigenvalue weighted by Gasteiger charge is -2.38. The fourth-order valence-electron chi connectivity index (χ4n) is 8.10. The molecule has 286 valence electrons. The van der Waals surface area contributed by atoms with E-state index in [0.717, 1.165) is 80.6 Å². The lowest BCUT2D eigenvalue weighted by atomic mass is 9.93. The van der Waals surface area contributed by atoms with Gasteiger partial charge in [0.2, 0.25) is 5.91 Å². The Morgan fingerprint density at radius 1 is 1.02 bits per heavy atom. The van der Waals surface area contributed by atoms with Crippen molar-refractivity contribution in [3.63, 3.8) is 0 Å². The van der Waals surface area contributed by atoms with E-state index in [1.54, 1.807) is 29.2 Å². The number of amides is 4. The second kappa shape index (κ2) is 16.2. The molecular weight excluding hydrogens is 724 g/mol. The number of morpholine rings is 1.